The van der Waals surface area contributed by atoms with E-state index < -0.39 is 6.03 Å². The first-order chi connectivity index (χ1) is 14.5. The lowest BCUT2D eigenvalue weighted by Gasteiger charge is -2.33. The number of urea groups is 1. The van der Waals surface area contributed by atoms with Gasteiger partial charge in [-0.25, -0.2) is 4.79 Å². The average molecular weight is 415 g/mol. The lowest BCUT2D eigenvalue weighted by Crippen LogP contribution is -2.50. The SMILES string of the molecule is Cc1cc(CN2CCN(CC(=O)NC(=O)Nc3ccc4c(c3)OCCO4)CC2)on1. The predicted octanol–water partition coefficient (Wildman–Crippen LogP) is 1.22. The van der Waals surface area contributed by atoms with Gasteiger partial charge in [0.05, 0.1) is 18.8 Å². The number of carbonyl (C=O) groups excluding carboxylic acids is 2. The first-order valence-electron chi connectivity index (χ1n) is 9.92. The first kappa shape index (κ1) is 20.2. The lowest BCUT2D eigenvalue weighted by molar-refractivity contribution is -0.121. The van der Waals surface area contributed by atoms with E-state index in [1.807, 2.05) is 17.9 Å². The van der Waals surface area contributed by atoms with E-state index in [0.717, 1.165) is 37.6 Å². The molecule has 0 atom stereocenters. The Hall–Kier alpha value is -3.11. The number of piperazine rings is 1. The van der Waals surface area contributed by atoms with Crippen LogP contribution in [0.2, 0.25) is 0 Å². The summed E-state index contributed by atoms with van der Waals surface area (Å²) >= 11 is 0. The molecule has 2 aliphatic rings. The first-order valence-corrected chi connectivity index (χ1v) is 9.92. The Labute approximate surface area is 174 Å². The molecule has 3 amide bonds. The molecule has 0 aliphatic carbocycles. The van der Waals surface area contributed by atoms with Crippen LogP contribution < -0.4 is 20.1 Å². The predicted molar refractivity (Wildman–Crippen MR) is 108 cm³/mol. The summed E-state index contributed by atoms with van der Waals surface area (Å²) in [5.74, 6) is 1.71. The molecule has 4 rings (SSSR count). The summed E-state index contributed by atoms with van der Waals surface area (Å²) in [5, 5.41) is 8.92. The van der Waals surface area contributed by atoms with E-state index in [4.69, 9.17) is 14.0 Å². The number of anilines is 1. The van der Waals surface area contributed by atoms with Gasteiger partial charge in [-0.05, 0) is 19.1 Å². The number of hydrogen-bond acceptors (Lipinski definition) is 8. The van der Waals surface area contributed by atoms with Crippen LogP contribution in [-0.4, -0.2) is 72.8 Å². The van der Waals surface area contributed by atoms with Gasteiger partial charge in [-0.2, -0.15) is 0 Å². The molecule has 2 aromatic rings. The highest BCUT2D eigenvalue weighted by Gasteiger charge is 2.21. The number of aromatic nitrogens is 1. The smallest absolute Gasteiger partial charge is 0.325 e. The fourth-order valence-corrected chi connectivity index (χ4v) is 3.47. The number of ether oxygens (including phenoxy) is 2. The largest absolute Gasteiger partial charge is 0.486 e. The maximum atomic E-state index is 12.2. The third kappa shape index (κ3) is 5.28. The van der Waals surface area contributed by atoms with Crippen LogP contribution in [-0.2, 0) is 11.3 Å². The number of aryl methyl sites for hydroxylation is 1. The van der Waals surface area contributed by atoms with E-state index in [9.17, 15) is 9.59 Å². The number of nitrogens with one attached hydrogen (secondary N) is 2. The average Bonchev–Trinajstić information content (AvgIpc) is 3.14. The monoisotopic (exact) mass is 415 g/mol. The molecule has 2 N–H and O–H groups in total. The van der Waals surface area contributed by atoms with Gasteiger partial charge < -0.3 is 19.3 Å². The van der Waals surface area contributed by atoms with Gasteiger partial charge in [0.1, 0.15) is 13.2 Å². The van der Waals surface area contributed by atoms with Crippen LogP contribution in [0.15, 0.2) is 28.8 Å². The van der Waals surface area contributed by atoms with Crippen molar-refractivity contribution >= 4 is 17.6 Å². The molecule has 0 unspecified atom stereocenters. The summed E-state index contributed by atoms with van der Waals surface area (Å²) in [6, 6.07) is 6.46. The fourth-order valence-electron chi connectivity index (χ4n) is 3.47. The third-order valence-corrected chi connectivity index (χ3v) is 4.94. The Morgan fingerprint density at radius 3 is 2.50 bits per heavy atom. The number of fused-ring (bicyclic) bond motifs is 1. The van der Waals surface area contributed by atoms with Gasteiger partial charge in [0, 0.05) is 44.0 Å². The van der Waals surface area contributed by atoms with Crippen LogP contribution in [0.1, 0.15) is 11.5 Å². The van der Waals surface area contributed by atoms with Gasteiger partial charge in [0.2, 0.25) is 5.91 Å². The van der Waals surface area contributed by atoms with Gasteiger partial charge in [-0.3, -0.25) is 19.9 Å². The van der Waals surface area contributed by atoms with E-state index >= 15 is 0 Å². The lowest BCUT2D eigenvalue weighted by atomic mass is 10.2. The Morgan fingerprint density at radius 1 is 1.03 bits per heavy atom. The molecular weight excluding hydrogens is 390 g/mol. The van der Waals surface area contributed by atoms with Gasteiger partial charge >= 0.3 is 6.03 Å². The number of carbonyl (C=O) groups is 2. The second-order valence-corrected chi connectivity index (χ2v) is 7.35. The number of rotatable bonds is 5. The van der Waals surface area contributed by atoms with Crippen LogP contribution in [0.25, 0.3) is 0 Å². The van der Waals surface area contributed by atoms with E-state index in [1.165, 1.54) is 0 Å². The number of nitrogens with zero attached hydrogens (tertiary/aromatic N) is 3. The molecular formula is C20H25N5O5. The van der Waals surface area contributed by atoms with Gasteiger partial charge in [0.15, 0.2) is 17.3 Å². The normalized spacial score (nSPS) is 16.8. The standard InChI is InChI=1S/C20H25N5O5/c1-14-10-16(30-23-14)12-24-4-6-25(7-5-24)13-19(26)22-20(27)21-15-2-3-17-18(11-15)29-9-8-28-17/h2-3,10-11H,4-9,12-13H2,1H3,(H2,21,22,26,27). The van der Waals surface area contributed by atoms with Crippen LogP contribution in [0.3, 0.4) is 0 Å². The third-order valence-electron chi connectivity index (χ3n) is 4.94. The van der Waals surface area contributed by atoms with Crippen molar-refractivity contribution in [3.05, 3.63) is 35.7 Å². The van der Waals surface area contributed by atoms with Crippen molar-refractivity contribution in [1.82, 2.24) is 20.3 Å². The number of hydrogen-bond donors (Lipinski definition) is 2. The molecule has 160 valence electrons. The quantitative estimate of drug-likeness (QED) is 0.750. The number of benzene rings is 1. The molecule has 2 aliphatic heterocycles. The highest BCUT2D eigenvalue weighted by atomic mass is 16.6. The Bertz CT molecular complexity index is 907. The minimum atomic E-state index is -0.573. The molecule has 1 aromatic carbocycles. The van der Waals surface area contributed by atoms with E-state index in [-0.39, 0.29) is 12.5 Å². The van der Waals surface area contributed by atoms with Gasteiger partial charge in [-0.1, -0.05) is 5.16 Å². The summed E-state index contributed by atoms with van der Waals surface area (Å²) in [5.41, 5.74) is 1.40. The molecule has 10 nitrogen and oxygen atoms in total. The van der Waals surface area contributed by atoms with Crippen molar-refractivity contribution < 1.29 is 23.6 Å². The maximum Gasteiger partial charge on any atom is 0.325 e. The van der Waals surface area contributed by atoms with Crippen molar-refractivity contribution in [2.24, 2.45) is 0 Å². The minimum absolute atomic E-state index is 0.170. The highest BCUT2D eigenvalue weighted by molar-refractivity contribution is 6.01. The van der Waals surface area contributed by atoms with Gasteiger partial charge in [-0.15, -0.1) is 0 Å². The Balaban J connectivity index is 1.19. The summed E-state index contributed by atoms with van der Waals surface area (Å²) in [6.45, 7) is 6.85. The molecule has 1 fully saturated rings. The van der Waals surface area contributed by atoms with E-state index in [2.05, 4.69) is 20.7 Å². The molecule has 3 heterocycles. The zero-order valence-electron chi connectivity index (χ0n) is 16.8. The highest BCUT2D eigenvalue weighted by Crippen LogP contribution is 2.32. The molecule has 0 bridgehead atoms. The van der Waals surface area contributed by atoms with Crippen molar-refractivity contribution in [1.29, 1.82) is 0 Å². The number of amides is 3. The summed E-state index contributed by atoms with van der Waals surface area (Å²) in [7, 11) is 0. The summed E-state index contributed by atoms with van der Waals surface area (Å²) < 4.78 is 16.2. The topological polar surface area (TPSA) is 109 Å². The zero-order valence-corrected chi connectivity index (χ0v) is 16.8. The number of imide groups is 1. The second kappa shape index (κ2) is 9.14. The molecule has 0 spiro atoms. The zero-order chi connectivity index (χ0) is 20.9. The second-order valence-electron chi connectivity index (χ2n) is 7.35. The molecule has 30 heavy (non-hydrogen) atoms. The van der Waals surface area contributed by atoms with Crippen LogP contribution >= 0.6 is 0 Å². The molecule has 1 aromatic heterocycles. The Morgan fingerprint density at radius 2 is 1.77 bits per heavy atom. The molecule has 0 radical (unpaired) electrons. The minimum Gasteiger partial charge on any atom is -0.486 e. The molecule has 1 saturated heterocycles. The summed E-state index contributed by atoms with van der Waals surface area (Å²) in [4.78, 5) is 28.6. The van der Waals surface area contributed by atoms with Crippen LogP contribution in [0, 0.1) is 6.92 Å². The maximum absolute atomic E-state index is 12.2. The van der Waals surface area contributed by atoms with E-state index in [0.29, 0.717) is 36.9 Å². The fraction of sp³-hybridized carbons (Fsp3) is 0.450. The van der Waals surface area contributed by atoms with Gasteiger partial charge in [0.25, 0.3) is 0 Å². The molecule has 10 heteroatoms. The van der Waals surface area contributed by atoms with Crippen molar-refractivity contribution in [2.45, 2.75) is 13.5 Å². The van der Waals surface area contributed by atoms with Crippen molar-refractivity contribution in [3.8, 4) is 11.5 Å². The van der Waals surface area contributed by atoms with Crippen molar-refractivity contribution in [2.75, 3.05) is 51.3 Å². The van der Waals surface area contributed by atoms with Crippen LogP contribution in [0.4, 0.5) is 10.5 Å². The summed E-state index contributed by atoms with van der Waals surface area (Å²) in [6.07, 6.45) is 0. The Kier molecular flexibility index (Phi) is 6.15. The molecule has 0 saturated carbocycles. The van der Waals surface area contributed by atoms with E-state index in [1.54, 1.807) is 18.2 Å². The van der Waals surface area contributed by atoms with Crippen molar-refractivity contribution in [3.63, 3.8) is 0 Å². The van der Waals surface area contributed by atoms with Crippen LogP contribution in [0.5, 0.6) is 11.5 Å².